The van der Waals surface area contributed by atoms with E-state index in [1.807, 2.05) is 12.1 Å². The van der Waals surface area contributed by atoms with Crippen LogP contribution in [0.25, 0.3) is 0 Å². The van der Waals surface area contributed by atoms with E-state index in [0.717, 1.165) is 12.2 Å². The normalized spacial score (nSPS) is 10.6. The highest BCUT2D eigenvalue weighted by Crippen LogP contribution is 2.08. The van der Waals surface area contributed by atoms with E-state index in [4.69, 9.17) is 19.3 Å². The molecule has 19 heavy (non-hydrogen) atoms. The lowest BCUT2D eigenvalue weighted by Gasteiger charge is -2.07. The predicted molar refractivity (Wildman–Crippen MR) is 71.2 cm³/mol. The molecule has 1 aromatic heterocycles. The number of ether oxygens (including phenoxy) is 3. The molecule has 0 saturated carbocycles. The van der Waals surface area contributed by atoms with E-state index in [1.54, 1.807) is 13.3 Å². The zero-order valence-electron chi connectivity index (χ0n) is 11.3. The summed E-state index contributed by atoms with van der Waals surface area (Å²) in [4.78, 5) is 4.28. The third-order valence-electron chi connectivity index (χ3n) is 2.32. The summed E-state index contributed by atoms with van der Waals surface area (Å²) in [5, 5.41) is 11.7. The van der Waals surface area contributed by atoms with Gasteiger partial charge in [-0.1, -0.05) is 0 Å². The highest BCUT2D eigenvalue weighted by atomic mass is 16.5. The minimum atomic E-state index is 0.0341. The summed E-state index contributed by atoms with van der Waals surface area (Å²) in [6.07, 6.45) is 1.69. The van der Waals surface area contributed by atoms with Crippen LogP contribution in [0.2, 0.25) is 0 Å². The topological polar surface area (TPSA) is 72.8 Å². The third kappa shape index (κ3) is 7.74. The second kappa shape index (κ2) is 10.7. The predicted octanol–water partition coefficient (Wildman–Crippen LogP) is 0.205. The number of aliphatic hydroxyl groups is 1. The van der Waals surface area contributed by atoms with Crippen LogP contribution in [0, 0.1) is 0 Å². The fourth-order valence-corrected chi connectivity index (χ4v) is 1.38. The van der Waals surface area contributed by atoms with Crippen molar-refractivity contribution in [3.63, 3.8) is 0 Å². The van der Waals surface area contributed by atoms with Crippen molar-refractivity contribution < 1.29 is 19.3 Å². The number of rotatable bonds is 11. The Bertz CT molecular complexity index is 319. The molecule has 0 atom stereocenters. The Morgan fingerprint density at radius 2 is 2.11 bits per heavy atom. The summed E-state index contributed by atoms with van der Waals surface area (Å²) >= 11 is 0. The molecule has 1 rings (SSSR count). The van der Waals surface area contributed by atoms with Gasteiger partial charge in [-0.25, -0.2) is 0 Å². The van der Waals surface area contributed by atoms with Gasteiger partial charge in [0.2, 0.25) is 0 Å². The highest BCUT2D eigenvalue weighted by Gasteiger charge is 1.97. The first-order valence-electron chi connectivity index (χ1n) is 6.33. The van der Waals surface area contributed by atoms with Gasteiger partial charge in [0.05, 0.1) is 38.3 Å². The fourth-order valence-electron chi connectivity index (χ4n) is 1.38. The molecule has 1 heterocycles. The van der Waals surface area contributed by atoms with Crippen LogP contribution in [0.15, 0.2) is 18.3 Å². The standard InChI is InChI=1S/C13H22N2O4/c1-17-6-4-14-10-12-2-3-13(11-15-12)19-9-8-18-7-5-16/h2-3,11,14,16H,4-10H2,1H3. The Morgan fingerprint density at radius 3 is 2.79 bits per heavy atom. The Kier molecular flexibility index (Phi) is 8.91. The number of methoxy groups -OCH3 is 1. The molecule has 0 bridgehead atoms. The van der Waals surface area contributed by atoms with E-state index in [0.29, 0.717) is 38.7 Å². The number of hydrogen-bond acceptors (Lipinski definition) is 6. The molecule has 0 fully saturated rings. The lowest BCUT2D eigenvalue weighted by Crippen LogP contribution is -2.19. The summed E-state index contributed by atoms with van der Waals surface area (Å²) in [5.41, 5.74) is 0.958. The van der Waals surface area contributed by atoms with Gasteiger partial charge in [0.25, 0.3) is 0 Å². The van der Waals surface area contributed by atoms with E-state index in [-0.39, 0.29) is 6.61 Å². The molecule has 0 aliphatic carbocycles. The zero-order chi connectivity index (χ0) is 13.8. The zero-order valence-corrected chi connectivity index (χ0v) is 11.3. The summed E-state index contributed by atoms with van der Waals surface area (Å²) in [5.74, 6) is 0.716. The molecule has 0 radical (unpaired) electrons. The quantitative estimate of drug-likeness (QED) is 0.560. The summed E-state index contributed by atoms with van der Waals surface area (Å²) in [6.45, 7) is 3.49. The minimum absolute atomic E-state index is 0.0341. The summed E-state index contributed by atoms with van der Waals surface area (Å²) in [7, 11) is 1.68. The minimum Gasteiger partial charge on any atom is -0.490 e. The van der Waals surface area contributed by atoms with Crippen molar-refractivity contribution in [3.8, 4) is 5.75 Å². The smallest absolute Gasteiger partial charge is 0.137 e. The summed E-state index contributed by atoms with van der Waals surface area (Å²) < 4.78 is 15.5. The maximum Gasteiger partial charge on any atom is 0.137 e. The molecule has 0 saturated heterocycles. The first kappa shape index (κ1) is 15.8. The SMILES string of the molecule is COCCNCc1ccc(OCCOCCO)cn1. The maximum atomic E-state index is 8.53. The van der Waals surface area contributed by atoms with Gasteiger partial charge in [0, 0.05) is 20.2 Å². The van der Waals surface area contributed by atoms with Crippen LogP contribution in [0.4, 0.5) is 0 Å². The number of aliphatic hydroxyl groups excluding tert-OH is 1. The van der Waals surface area contributed by atoms with Crippen molar-refractivity contribution in [1.82, 2.24) is 10.3 Å². The molecule has 0 unspecified atom stereocenters. The van der Waals surface area contributed by atoms with Crippen LogP contribution < -0.4 is 10.1 Å². The molecule has 6 nitrogen and oxygen atoms in total. The molecule has 6 heteroatoms. The van der Waals surface area contributed by atoms with Gasteiger partial charge in [0.1, 0.15) is 12.4 Å². The number of nitrogens with zero attached hydrogens (tertiary/aromatic N) is 1. The van der Waals surface area contributed by atoms with Crippen molar-refractivity contribution >= 4 is 0 Å². The van der Waals surface area contributed by atoms with Gasteiger partial charge in [0.15, 0.2) is 0 Å². The van der Waals surface area contributed by atoms with E-state index in [9.17, 15) is 0 Å². The monoisotopic (exact) mass is 270 g/mol. The molecule has 0 aromatic carbocycles. The van der Waals surface area contributed by atoms with Gasteiger partial charge in [-0.15, -0.1) is 0 Å². The second-order valence-corrected chi connectivity index (χ2v) is 3.84. The van der Waals surface area contributed by atoms with Crippen LogP contribution in [0.3, 0.4) is 0 Å². The first-order chi connectivity index (χ1) is 9.36. The van der Waals surface area contributed by atoms with Crippen LogP contribution in [0.5, 0.6) is 5.75 Å². The molecular weight excluding hydrogens is 248 g/mol. The number of aromatic nitrogens is 1. The van der Waals surface area contributed by atoms with E-state index < -0.39 is 0 Å². The van der Waals surface area contributed by atoms with Gasteiger partial charge in [-0.2, -0.15) is 0 Å². The van der Waals surface area contributed by atoms with Crippen molar-refractivity contribution in [2.24, 2.45) is 0 Å². The fraction of sp³-hybridized carbons (Fsp3) is 0.615. The molecule has 0 aliphatic heterocycles. The van der Waals surface area contributed by atoms with Crippen molar-refractivity contribution in [1.29, 1.82) is 0 Å². The second-order valence-electron chi connectivity index (χ2n) is 3.84. The molecule has 1 aromatic rings. The first-order valence-corrected chi connectivity index (χ1v) is 6.33. The Hall–Kier alpha value is -1.21. The molecule has 0 aliphatic rings. The largest absolute Gasteiger partial charge is 0.490 e. The van der Waals surface area contributed by atoms with Crippen molar-refractivity contribution in [3.05, 3.63) is 24.0 Å². The molecule has 108 valence electrons. The van der Waals surface area contributed by atoms with Crippen LogP contribution in [-0.4, -0.2) is 56.8 Å². The van der Waals surface area contributed by atoms with Crippen LogP contribution >= 0.6 is 0 Å². The Morgan fingerprint density at radius 1 is 1.21 bits per heavy atom. The molecular formula is C13H22N2O4. The van der Waals surface area contributed by atoms with Gasteiger partial charge < -0.3 is 24.6 Å². The lowest BCUT2D eigenvalue weighted by atomic mass is 10.3. The average molecular weight is 270 g/mol. The molecule has 0 amide bonds. The molecule has 2 N–H and O–H groups in total. The third-order valence-corrected chi connectivity index (χ3v) is 2.32. The number of hydrogen-bond donors (Lipinski definition) is 2. The van der Waals surface area contributed by atoms with E-state index >= 15 is 0 Å². The molecule has 0 spiro atoms. The van der Waals surface area contributed by atoms with E-state index in [1.165, 1.54) is 0 Å². The average Bonchev–Trinajstić information content (AvgIpc) is 2.45. The maximum absolute atomic E-state index is 8.53. The summed E-state index contributed by atoms with van der Waals surface area (Å²) in [6, 6.07) is 3.80. The lowest BCUT2D eigenvalue weighted by molar-refractivity contribution is 0.0704. The number of pyridine rings is 1. The van der Waals surface area contributed by atoms with Crippen molar-refractivity contribution in [2.45, 2.75) is 6.54 Å². The number of nitrogens with one attached hydrogen (secondary N) is 1. The van der Waals surface area contributed by atoms with Crippen molar-refractivity contribution in [2.75, 3.05) is 46.7 Å². The van der Waals surface area contributed by atoms with E-state index in [2.05, 4.69) is 10.3 Å². The van der Waals surface area contributed by atoms with Gasteiger partial charge in [-0.05, 0) is 12.1 Å². The highest BCUT2D eigenvalue weighted by molar-refractivity contribution is 5.19. The van der Waals surface area contributed by atoms with Crippen LogP contribution in [0.1, 0.15) is 5.69 Å². The van der Waals surface area contributed by atoms with Crippen LogP contribution in [-0.2, 0) is 16.0 Å². The van der Waals surface area contributed by atoms with Gasteiger partial charge >= 0.3 is 0 Å². The Balaban J connectivity index is 2.16. The Labute approximate surface area is 113 Å². The van der Waals surface area contributed by atoms with Gasteiger partial charge in [-0.3, -0.25) is 4.98 Å².